The zero-order valence-corrected chi connectivity index (χ0v) is 23.8. The van der Waals surface area contributed by atoms with Crippen LogP contribution in [0.15, 0.2) is 65.5 Å². The number of fused-ring (bicyclic) bond motifs is 2. The number of nitrogens with one attached hydrogen (secondary N) is 2. The molecule has 210 valence electrons. The van der Waals surface area contributed by atoms with Crippen LogP contribution in [0.3, 0.4) is 0 Å². The van der Waals surface area contributed by atoms with E-state index in [1.54, 1.807) is 36.6 Å². The number of pyridine rings is 2. The number of anilines is 2. The molecule has 1 aromatic carbocycles. The second kappa shape index (κ2) is 13.4. The fraction of sp³-hybridized carbons (Fsp3) is 0.241. The molecule has 2 amide bonds. The van der Waals surface area contributed by atoms with Crippen molar-refractivity contribution >= 4 is 65.2 Å². The van der Waals surface area contributed by atoms with Crippen molar-refractivity contribution in [3.63, 3.8) is 0 Å². The monoisotopic (exact) mass is 582 g/mol. The van der Waals surface area contributed by atoms with Gasteiger partial charge in [0.25, 0.3) is 0 Å². The minimum Gasteiger partial charge on any atom is -0.459 e. The Morgan fingerprint density at radius 1 is 1.25 bits per heavy atom. The molecule has 0 radical (unpaired) electrons. The number of aromatic nitrogens is 2. The van der Waals surface area contributed by atoms with Crippen LogP contribution >= 0.6 is 24.8 Å². The third kappa shape index (κ3) is 6.80. The number of halogens is 2. The maximum absolute atomic E-state index is 12.9. The molecule has 0 fully saturated rings. The number of nitrogens with two attached hydrogens (primary N) is 1. The van der Waals surface area contributed by atoms with E-state index in [0.29, 0.717) is 31.7 Å². The van der Waals surface area contributed by atoms with Crippen molar-refractivity contribution in [3.05, 3.63) is 89.1 Å². The second-order valence-electron chi connectivity index (χ2n) is 9.47. The standard InChI is InChI=1S/C29H30N6O3.2ClH/c1-18-25(38-24-7-3-5-21(27(18)24)15-32-22-6-4-12-31-16-22)17-35(2)26(36)11-8-19-13-20-9-10-23(30)29(37)34-28(20)33-14-19;;/h3-8,11-14,16,23,32H,9-10,15,17,30H2,1-2H3,(H,33,34,37);2*1H/b11-8+;;/t23-;;/m0../s1. The Bertz CT molecular complexity index is 1520. The quantitative estimate of drug-likeness (QED) is 0.265. The van der Waals surface area contributed by atoms with Gasteiger partial charge in [-0.25, -0.2) is 4.98 Å². The van der Waals surface area contributed by atoms with Gasteiger partial charge in [0.2, 0.25) is 11.8 Å². The molecule has 11 heteroatoms. The van der Waals surface area contributed by atoms with Crippen LogP contribution in [0.4, 0.5) is 11.5 Å². The average Bonchev–Trinajstić information content (AvgIpc) is 3.17. The van der Waals surface area contributed by atoms with Crippen molar-refractivity contribution in [1.29, 1.82) is 0 Å². The lowest BCUT2D eigenvalue weighted by molar-refractivity contribution is -0.125. The molecule has 0 spiro atoms. The molecule has 0 unspecified atom stereocenters. The first-order valence-corrected chi connectivity index (χ1v) is 12.5. The highest BCUT2D eigenvalue weighted by Gasteiger charge is 2.21. The molecule has 9 nitrogen and oxygen atoms in total. The van der Waals surface area contributed by atoms with Crippen molar-refractivity contribution in [2.24, 2.45) is 5.73 Å². The normalized spacial score (nSPS) is 14.5. The van der Waals surface area contributed by atoms with Crippen molar-refractivity contribution in [3.8, 4) is 0 Å². The molecule has 40 heavy (non-hydrogen) atoms. The molecular formula is C29H32Cl2N6O3. The number of likely N-dealkylation sites (N-methyl/N-ethyl adjacent to an activating group) is 1. The highest BCUT2D eigenvalue weighted by atomic mass is 35.5. The first-order valence-electron chi connectivity index (χ1n) is 12.5. The van der Waals surface area contributed by atoms with E-state index in [2.05, 4.69) is 26.7 Å². The predicted molar refractivity (Wildman–Crippen MR) is 162 cm³/mol. The summed E-state index contributed by atoms with van der Waals surface area (Å²) in [6.07, 6.45) is 9.60. The van der Waals surface area contributed by atoms with Crippen LogP contribution in [0, 0.1) is 6.92 Å². The fourth-order valence-corrected chi connectivity index (χ4v) is 4.56. The molecular weight excluding hydrogens is 551 g/mol. The number of hydrogen-bond donors (Lipinski definition) is 3. The summed E-state index contributed by atoms with van der Waals surface area (Å²) in [6, 6.07) is 11.2. The van der Waals surface area contributed by atoms with Crippen molar-refractivity contribution in [1.82, 2.24) is 14.9 Å². The maximum atomic E-state index is 12.9. The van der Waals surface area contributed by atoms with Crippen LogP contribution < -0.4 is 16.4 Å². The lowest BCUT2D eigenvalue weighted by atomic mass is 10.1. The Morgan fingerprint density at radius 2 is 2.08 bits per heavy atom. The van der Waals surface area contributed by atoms with Gasteiger partial charge >= 0.3 is 0 Å². The molecule has 0 saturated heterocycles. The Balaban J connectivity index is 0.00000220. The smallest absolute Gasteiger partial charge is 0.246 e. The number of hydrogen-bond acceptors (Lipinski definition) is 7. The van der Waals surface area contributed by atoms with Crippen LogP contribution in [0.5, 0.6) is 0 Å². The van der Waals surface area contributed by atoms with Gasteiger partial charge in [-0.1, -0.05) is 12.1 Å². The SMILES string of the molecule is Cc1c(CN(C)C(=O)/C=C/c2cnc3c(c2)CC[C@H](N)C(=O)N3)oc2cccc(CNc3cccnc3)c12.Cl.Cl. The van der Waals surface area contributed by atoms with E-state index >= 15 is 0 Å². The summed E-state index contributed by atoms with van der Waals surface area (Å²) in [7, 11) is 1.75. The zero-order valence-electron chi connectivity index (χ0n) is 22.2. The van der Waals surface area contributed by atoms with E-state index in [1.807, 2.05) is 37.3 Å². The Kier molecular flexibility index (Phi) is 10.3. The number of carbonyl (C=O) groups excluding carboxylic acids is 2. The van der Waals surface area contributed by atoms with E-state index in [-0.39, 0.29) is 36.6 Å². The molecule has 5 rings (SSSR count). The fourth-order valence-electron chi connectivity index (χ4n) is 4.56. The summed E-state index contributed by atoms with van der Waals surface area (Å²) in [5, 5.41) is 7.21. The van der Waals surface area contributed by atoms with Crippen LogP contribution in [-0.4, -0.2) is 39.8 Å². The number of aryl methyl sites for hydroxylation is 2. The topological polar surface area (TPSA) is 126 Å². The summed E-state index contributed by atoms with van der Waals surface area (Å²) >= 11 is 0. The van der Waals surface area contributed by atoms with Crippen molar-refractivity contribution in [2.75, 3.05) is 17.7 Å². The van der Waals surface area contributed by atoms with E-state index in [9.17, 15) is 9.59 Å². The molecule has 0 aliphatic carbocycles. The number of furan rings is 1. The lowest BCUT2D eigenvalue weighted by Gasteiger charge is -2.14. The van der Waals surface area contributed by atoms with Crippen LogP contribution in [-0.2, 0) is 29.1 Å². The largest absolute Gasteiger partial charge is 0.459 e. The highest BCUT2D eigenvalue weighted by Crippen LogP contribution is 2.30. The van der Waals surface area contributed by atoms with E-state index in [0.717, 1.165) is 44.7 Å². The molecule has 0 bridgehead atoms. The maximum Gasteiger partial charge on any atom is 0.246 e. The summed E-state index contributed by atoms with van der Waals surface area (Å²) in [6.45, 7) is 2.99. The van der Waals surface area contributed by atoms with Gasteiger partial charge in [-0.2, -0.15) is 0 Å². The summed E-state index contributed by atoms with van der Waals surface area (Å²) in [5.41, 5.74) is 11.4. The first kappa shape index (κ1) is 30.6. The Labute approximate surface area is 245 Å². The third-order valence-corrected chi connectivity index (χ3v) is 6.75. The third-order valence-electron chi connectivity index (χ3n) is 6.75. The second-order valence-corrected chi connectivity index (χ2v) is 9.47. The number of rotatable bonds is 7. The molecule has 3 aromatic heterocycles. The minimum absolute atomic E-state index is 0. The number of carbonyl (C=O) groups is 2. The van der Waals surface area contributed by atoms with Gasteiger partial charge in [0, 0.05) is 49.2 Å². The Hall–Kier alpha value is -3.92. The molecule has 4 aromatic rings. The number of benzene rings is 1. The van der Waals surface area contributed by atoms with Crippen LogP contribution in [0.1, 0.15) is 34.4 Å². The van der Waals surface area contributed by atoms with Crippen molar-refractivity contribution < 1.29 is 14.0 Å². The van der Waals surface area contributed by atoms with Gasteiger partial charge in [0.05, 0.1) is 18.3 Å². The van der Waals surface area contributed by atoms with Gasteiger partial charge in [0.1, 0.15) is 17.2 Å². The van der Waals surface area contributed by atoms with Gasteiger partial charge in [-0.05, 0) is 66.8 Å². The Morgan fingerprint density at radius 3 is 2.85 bits per heavy atom. The molecule has 1 aliphatic rings. The van der Waals surface area contributed by atoms with Gasteiger partial charge in [-0.15, -0.1) is 24.8 Å². The average molecular weight is 584 g/mol. The summed E-state index contributed by atoms with van der Waals surface area (Å²) < 4.78 is 6.15. The minimum atomic E-state index is -0.548. The highest BCUT2D eigenvalue weighted by molar-refractivity contribution is 5.95. The zero-order chi connectivity index (χ0) is 26.6. The summed E-state index contributed by atoms with van der Waals surface area (Å²) in [4.78, 5) is 34.9. The molecule has 4 heterocycles. The number of amides is 2. The van der Waals surface area contributed by atoms with Gasteiger partial charge in [-0.3, -0.25) is 14.6 Å². The van der Waals surface area contributed by atoms with Crippen LogP contribution in [0.2, 0.25) is 0 Å². The predicted octanol–water partition coefficient (Wildman–Crippen LogP) is 4.87. The van der Waals surface area contributed by atoms with Crippen LogP contribution in [0.25, 0.3) is 17.0 Å². The molecule has 0 saturated carbocycles. The first-order chi connectivity index (χ1) is 18.4. The molecule has 1 atom stereocenters. The van der Waals surface area contributed by atoms with Gasteiger partial charge in [0.15, 0.2) is 0 Å². The van der Waals surface area contributed by atoms with E-state index < -0.39 is 6.04 Å². The van der Waals surface area contributed by atoms with E-state index in [1.165, 1.54) is 6.08 Å². The lowest BCUT2D eigenvalue weighted by Crippen LogP contribution is -2.34. The summed E-state index contributed by atoms with van der Waals surface area (Å²) in [5.74, 6) is 0.887. The van der Waals surface area contributed by atoms with Gasteiger partial charge < -0.3 is 25.7 Å². The van der Waals surface area contributed by atoms with E-state index in [4.69, 9.17) is 10.2 Å². The number of nitrogens with zero attached hydrogens (tertiary/aromatic N) is 3. The molecule has 1 aliphatic heterocycles. The van der Waals surface area contributed by atoms with Crippen molar-refractivity contribution in [2.45, 2.75) is 38.9 Å². The molecule has 4 N–H and O–H groups in total.